The lowest BCUT2D eigenvalue weighted by Crippen LogP contribution is -2.40. The number of halogens is 2. The number of hydrogen-bond donors (Lipinski definition) is 1. The number of benzene rings is 2. The average molecular weight is 348 g/mol. The van der Waals surface area contributed by atoms with Crippen LogP contribution in [-0.2, 0) is 4.79 Å². The van der Waals surface area contributed by atoms with Crippen molar-refractivity contribution in [3.8, 4) is 5.75 Å². The SMILES string of the molecule is CC(C(=O)Nc1c(F)cccc1F)N(C)CCCOc1ccccc1. The van der Waals surface area contributed by atoms with Gasteiger partial charge < -0.3 is 10.1 Å². The fraction of sp³-hybridized carbons (Fsp3) is 0.316. The lowest BCUT2D eigenvalue weighted by molar-refractivity contribution is -0.120. The van der Waals surface area contributed by atoms with Crippen LogP contribution in [-0.4, -0.2) is 37.0 Å². The predicted molar refractivity (Wildman–Crippen MR) is 93.6 cm³/mol. The van der Waals surface area contributed by atoms with E-state index in [1.807, 2.05) is 35.2 Å². The zero-order valence-corrected chi connectivity index (χ0v) is 14.3. The molecule has 2 aromatic rings. The highest BCUT2D eigenvalue weighted by atomic mass is 19.1. The van der Waals surface area contributed by atoms with E-state index in [2.05, 4.69) is 5.32 Å². The van der Waals surface area contributed by atoms with Gasteiger partial charge in [0.15, 0.2) is 0 Å². The summed E-state index contributed by atoms with van der Waals surface area (Å²) in [4.78, 5) is 14.0. The molecule has 0 aromatic heterocycles. The van der Waals surface area contributed by atoms with Gasteiger partial charge in [-0.25, -0.2) is 8.78 Å². The predicted octanol–water partition coefficient (Wildman–Crippen LogP) is 3.69. The second kappa shape index (κ2) is 9.13. The highest BCUT2D eigenvalue weighted by Gasteiger charge is 2.20. The Labute approximate surface area is 146 Å². The van der Waals surface area contributed by atoms with E-state index in [0.717, 1.165) is 24.3 Å². The number of amides is 1. The van der Waals surface area contributed by atoms with Gasteiger partial charge in [-0.3, -0.25) is 9.69 Å². The summed E-state index contributed by atoms with van der Waals surface area (Å²) in [5.41, 5.74) is -0.417. The van der Waals surface area contributed by atoms with Crippen LogP contribution in [0.15, 0.2) is 48.5 Å². The Bertz CT molecular complexity index is 675. The molecule has 2 rings (SSSR count). The van der Waals surface area contributed by atoms with Gasteiger partial charge in [-0.15, -0.1) is 0 Å². The Morgan fingerprint density at radius 2 is 1.76 bits per heavy atom. The fourth-order valence-electron chi connectivity index (χ4n) is 2.26. The smallest absolute Gasteiger partial charge is 0.241 e. The number of anilines is 1. The molecule has 0 aliphatic rings. The molecule has 1 atom stereocenters. The molecule has 4 nitrogen and oxygen atoms in total. The molecule has 0 spiro atoms. The molecule has 0 heterocycles. The number of likely N-dealkylation sites (N-methyl/N-ethyl adjacent to an activating group) is 1. The van der Waals surface area contributed by atoms with Crippen molar-refractivity contribution < 1.29 is 18.3 Å². The van der Waals surface area contributed by atoms with Crippen LogP contribution in [0.4, 0.5) is 14.5 Å². The summed E-state index contributed by atoms with van der Waals surface area (Å²) in [6.07, 6.45) is 0.719. The molecule has 25 heavy (non-hydrogen) atoms. The van der Waals surface area contributed by atoms with Crippen LogP contribution >= 0.6 is 0 Å². The Balaban J connectivity index is 1.78. The molecule has 0 radical (unpaired) electrons. The maximum Gasteiger partial charge on any atom is 0.241 e. The number of ether oxygens (including phenoxy) is 1. The van der Waals surface area contributed by atoms with Gasteiger partial charge in [0.25, 0.3) is 0 Å². The highest BCUT2D eigenvalue weighted by Crippen LogP contribution is 2.18. The van der Waals surface area contributed by atoms with Crippen molar-refractivity contribution >= 4 is 11.6 Å². The zero-order chi connectivity index (χ0) is 18.2. The van der Waals surface area contributed by atoms with E-state index in [4.69, 9.17) is 4.74 Å². The monoisotopic (exact) mass is 348 g/mol. The largest absolute Gasteiger partial charge is 0.494 e. The quantitative estimate of drug-likeness (QED) is 0.740. The lowest BCUT2D eigenvalue weighted by Gasteiger charge is -2.24. The Hall–Kier alpha value is -2.47. The molecule has 0 fully saturated rings. The lowest BCUT2D eigenvalue weighted by atomic mass is 10.2. The van der Waals surface area contributed by atoms with Crippen LogP contribution in [0.5, 0.6) is 5.75 Å². The molecular formula is C19H22F2N2O2. The first kappa shape index (κ1) is 18.9. The average Bonchev–Trinajstić information content (AvgIpc) is 2.62. The van der Waals surface area contributed by atoms with Crippen LogP contribution in [0, 0.1) is 11.6 Å². The van der Waals surface area contributed by atoms with E-state index in [0.29, 0.717) is 13.2 Å². The number of nitrogens with one attached hydrogen (secondary N) is 1. The first-order valence-corrected chi connectivity index (χ1v) is 8.12. The van der Waals surface area contributed by atoms with Gasteiger partial charge in [-0.05, 0) is 44.7 Å². The van der Waals surface area contributed by atoms with Gasteiger partial charge in [-0.1, -0.05) is 24.3 Å². The van der Waals surface area contributed by atoms with E-state index < -0.39 is 29.3 Å². The molecule has 0 saturated carbocycles. The summed E-state index contributed by atoms with van der Waals surface area (Å²) < 4.78 is 32.8. The summed E-state index contributed by atoms with van der Waals surface area (Å²) in [6, 6.07) is 12.4. The molecule has 1 unspecified atom stereocenters. The second-order valence-corrected chi connectivity index (χ2v) is 5.76. The number of carbonyl (C=O) groups is 1. The van der Waals surface area contributed by atoms with E-state index in [-0.39, 0.29) is 0 Å². The number of rotatable bonds is 8. The second-order valence-electron chi connectivity index (χ2n) is 5.76. The Morgan fingerprint density at radius 1 is 1.12 bits per heavy atom. The fourth-order valence-corrected chi connectivity index (χ4v) is 2.26. The minimum absolute atomic E-state index is 0.417. The number of carbonyl (C=O) groups excluding carboxylic acids is 1. The van der Waals surface area contributed by atoms with E-state index in [9.17, 15) is 13.6 Å². The Morgan fingerprint density at radius 3 is 2.40 bits per heavy atom. The van der Waals surface area contributed by atoms with Crippen LogP contribution in [0.25, 0.3) is 0 Å². The molecule has 0 bridgehead atoms. The Kier molecular flexibility index (Phi) is 6.89. The molecule has 134 valence electrons. The first-order valence-electron chi connectivity index (χ1n) is 8.12. The van der Waals surface area contributed by atoms with Gasteiger partial charge in [0.05, 0.1) is 12.6 Å². The van der Waals surface area contributed by atoms with Crippen LogP contribution < -0.4 is 10.1 Å². The maximum atomic E-state index is 13.6. The van der Waals surface area contributed by atoms with Crippen LogP contribution in [0.3, 0.4) is 0 Å². The highest BCUT2D eigenvalue weighted by molar-refractivity contribution is 5.94. The van der Waals surface area contributed by atoms with Gasteiger partial charge in [0, 0.05) is 6.54 Å². The third-order valence-electron chi connectivity index (χ3n) is 3.92. The van der Waals surface area contributed by atoms with Crippen molar-refractivity contribution in [2.75, 3.05) is 25.5 Å². The normalized spacial score (nSPS) is 12.0. The van der Waals surface area contributed by atoms with Gasteiger partial charge >= 0.3 is 0 Å². The molecule has 0 aliphatic carbocycles. The summed E-state index contributed by atoms with van der Waals surface area (Å²) in [5, 5.41) is 2.31. The molecule has 0 saturated heterocycles. The van der Waals surface area contributed by atoms with Crippen molar-refractivity contribution in [3.05, 3.63) is 60.2 Å². The van der Waals surface area contributed by atoms with Crippen LogP contribution in [0.2, 0.25) is 0 Å². The van der Waals surface area contributed by atoms with Gasteiger partial charge in [0.2, 0.25) is 5.91 Å². The molecule has 0 aliphatic heterocycles. The van der Waals surface area contributed by atoms with Crippen LogP contribution in [0.1, 0.15) is 13.3 Å². The maximum absolute atomic E-state index is 13.6. The number of nitrogens with zero attached hydrogens (tertiary/aromatic N) is 1. The van der Waals surface area contributed by atoms with Crippen molar-refractivity contribution in [1.29, 1.82) is 0 Å². The first-order chi connectivity index (χ1) is 12.0. The van der Waals surface area contributed by atoms with E-state index in [1.165, 1.54) is 6.07 Å². The van der Waals surface area contributed by atoms with Crippen molar-refractivity contribution in [1.82, 2.24) is 4.90 Å². The number of para-hydroxylation sites is 2. The minimum atomic E-state index is -0.792. The summed E-state index contributed by atoms with van der Waals surface area (Å²) in [7, 11) is 1.78. The molecule has 1 amide bonds. The minimum Gasteiger partial charge on any atom is -0.494 e. The van der Waals surface area contributed by atoms with Crippen molar-refractivity contribution in [2.45, 2.75) is 19.4 Å². The van der Waals surface area contributed by atoms with Gasteiger partial charge in [0.1, 0.15) is 23.1 Å². The number of hydrogen-bond acceptors (Lipinski definition) is 3. The molecule has 2 aromatic carbocycles. The van der Waals surface area contributed by atoms with Gasteiger partial charge in [-0.2, -0.15) is 0 Å². The summed E-state index contributed by atoms with van der Waals surface area (Å²) in [5.74, 6) is -1.25. The molecule has 6 heteroatoms. The third-order valence-corrected chi connectivity index (χ3v) is 3.92. The standard InChI is InChI=1S/C19H22F2N2O2/c1-14(19(24)22-18-16(20)10-6-11-17(18)21)23(2)12-7-13-25-15-8-4-3-5-9-15/h3-6,8-11,14H,7,12-13H2,1-2H3,(H,22,24). The molecular weight excluding hydrogens is 326 g/mol. The topological polar surface area (TPSA) is 41.6 Å². The molecule has 1 N–H and O–H groups in total. The van der Waals surface area contributed by atoms with Crippen molar-refractivity contribution in [3.63, 3.8) is 0 Å². The summed E-state index contributed by atoms with van der Waals surface area (Å²) >= 11 is 0. The van der Waals surface area contributed by atoms with Crippen molar-refractivity contribution in [2.24, 2.45) is 0 Å². The van der Waals surface area contributed by atoms with E-state index in [1.54, 1.807) is 14.0 Å². The third kappa shape index (κ3) is 5.53. The van der Waals surface area contributed by atoms with E-state index >= 15 is 0 Å². The zero-order valence-electron chi connectivity index (χ0n) is 14.3. The summed E-state index contributed by atoms with van der Waals surface area (Å²) in [6.45, 7) is 2.82.